The lowest BCUT2D eigenvalue weighted by molar-refractivity contribution is -0.122. The summed E-state index contributed by atoms with van der Waals surface area (Å²) in [5.41, 5.74) is 9.55. The van der Waals surface area contributed by atoms with E-state index in [0.717, 1.165) is 16.9 Å². The lowest BCUT2D eigenvalue weighted by Crippen LogP contribution is -2.42. The number of carbonyl (C=O) groups is 2. The smallest absolute Gasteiger partial charge is 0.250 e. The van der Waals surface area contributed by atoms with Crippen molar-refractivity contribution in [3.8, 4) is 11.5 Å². The average Bonchev–Trinajstić information content (AvgIpc) is 3.97. The fraction of sp³-hybridized carbons (Fsp3) is 0.415. The minimum Gasteiger partial charge on any atom is -0.508 e. The molecule has 2 amide bonds. The Morgan fingerprint density at radius 3 is 2.22 bits per heavy atom. The fourth-order valence-corrected chi connectivity index (χ4v) is 8.31. The first-order chi connectivity index (χ1) is 28.1. The first kappa shape index (κ1) is 41.4. The van der Waals surface area contributed by atoms with E-state index in [9.17, 15) is 30.0 Å². The highest BCUT2D eigenvalue weighted by molar-refractivity contribution is 5.94. The number of phenols is 2. The number of aliphatic hydroxyl groups is 2. The minimum atomic E-state index is -1.21. The van der Waals surface area contributed by atoms with Crippen LogP contribution in [0.25, 0.3) is 11.2 Å². The number of hydrogen-bond donors (Lipinski definition) is 7. The van der Waals surface area contributed by atoms with Gasteiger partial charge in [0, 0.05) is 51.0 Å². The van der Waals surface area contributed by atoms with Gasteiger partial charge in [-0.1, -0.05) is 31.2 Å². The van der Waals surface area contributed by atoms with E-state index >= 15 is 0 Å². The molecule has 2 saturated heterocycles. The molecule has 3 aromatic heterocycles. The lowest BCUT2D eigenvalue weighted by atomic mass is 9.91. The number of nitrogens with one attached hydrogen (secondary N) is 2. The number of morpholine rings is 1. The van der Waals surface area contributed by atoms with Crippen molar-refractivity contribution in [2.24, 2.45) is 5.73 Å². The molecular weight excluding hydrogens is 780 g/mol. The molecule has 0 radical (unpaired) electrons. The number of carbonyl (C=O) groups excluding carboxylic acids is 2. The molecule has 2 aliphatic heterocycles. The van der Waals surface area contributed by atoms with E-state index < -0.39 is 30.2 Å². The SMILES string of the molecule is CCC(=O)N[C@H]1C[C@@H](n2cnc3c(NCC(c4ccc(O)cc4)c4ccc(O)cc4)nc(N4CC[C@@H](c5nc(N6CCOCC6)ccc5C(N)=O)C4)nc32)[C@H](O)[C@@H]1O.Cl. The van der Waals surface area contributed by atoms with Crippen LogP contribution in [0.2, 0.25) is 0 Å². The summed E-state index contributed by atoms with van der Waals surface area (Å²) < 4.78 is 7.27. The van der Waals surface area contributed by atoms with E-state index in [-0.39, 0.29) is 54.5 Å². The zero-order valence-corrected chi connectivity index (χ0v) is 33.3. The van der Waals surface area contributed by atoms with Gasteiger partial charge in [-0.3, -0.25) is 9.59 Å². The van der Waals surface area contributed by atoms with E-state index in [0.29, 0.717) is 86.5 Å². The van der Waals surface area contributed by atoms with Crippen molar-refractivity contribution < 1.29 is 34.8 Å². The Morgan fingerprint density at radius 2 is 1.58 bits per heavy atom. The van der Waals surface area contributed by atoms with Gasteiger partial charge in [0.05, 0.1) is 42.9 Å². The van der Waals surface area contributed by atoms with Crippen molar-refractivity contribution in [3.63, 3.8) is 0 Å². The van der Waals surface area contributed by atoms with Crippen molar-refractivity contribution in [1.29, 1.82) is 0 Å². The number of nitrogens with two attached hydrogens (primary N) is 1. The molecule has 59 heavy (non-hydrogen) atoms. The van der Waals surface area contributed by atoms with E-state index in [1.807, 2.05) is 35.2 Å². The van der Waals surface area contributed by atoms with Crippen molar-refractivity contribution in [2.45, 2.75) is 62.3 Å². The number of halogens is 1. The molecule has 0 bridgehead atoms. The van der Waals surface area contributed by atoms with Gasteiger partial charge < -0.3 is 55.9 Å². The summed E-state index contributed by atoms with van der Waals surface area (Å²) in [5, 5.41) is 48.7. The molecule has 0 unspecified atom stereocenters. The monoisotopic (exact) mass is 828 g/mol. The number of imidazole rings is 1. The summed E-state index contributed by atoms with van der Waals surface area (Å²) >= 11 is 0. The van der Waals surface area contributed by atoms with Gasteiger partial charge in [-0.25, -0.2) is 9.97 Å². The third-order valence-corrected chi connectivity index (χ3v) is 11.5. The van der Waals surface area contributed by atoms with Crippen LogP contribution in [0, 0.1) is 0 Å². The second-order valence-corrected chi connectivity index (χ2v) is 15.1. The Morgan fingerprint density at radius 1 is 0.898 bits per heavy atom. The number of aromatic nitrogens is 5. The van der Waals surface area contributed by atoms with Crippen LogP contribution in [0.1, 0.15) is 71.2 Å². The number of benzene rings is 2. The topological polar surface area (TPSA) is 237 Å². The Balaban J connectivity index is 0.00000528. The number of nitrogens with zero attached hydrogens (tertiary/aromatic N) is 7. The van der Waals surface area contributed by atoms with Crippen molar-refractivity contribution in [2.75, 3.05) is 61.1 Å². The van der Waals surface area contributed by atoms with E-state index in [2.05, 4.69) is 15.5 Å². The number of amides is 2. The maximum Gasteiger partial charge on any atom is 0.250 e. The Hall–Kier alpha value is -5.75. The molecule has 3 aliphatic rings. The number of fused-ring (bicyclic) bond motifs is 1. The molecule has 1 aliphatic carbocycles. The van der Waals surface area contributed by atoms with Crippen LogP contribution < -0.4 is 26.2 Å². The number of aliphatic hydroxyl groups excluding tert-OH is 2. The van der Waals surface area contributed by atoms with Crippen LogP contribution >= 0.6 is 12.4 Å². The Bertz CT molecular complexity index is 2230. The number of phenolic OH excluding ortho intramolecular Hbond substituents is 2. The van der Waals surface area contributed by atoms with E-state index in [1.165, 1.54) is 0 Å². The highest BCUT2D eigenvalue weighted by Crippen LogP contribution is 2.37. The predicted molar refractivity (Wildman–Crippen MR) is 222 cm³/mol. The summed E-state index contributed by atoms with van der Waals surface area (Å²) in [6.07, 6.45) is 0.300. The van der Waals surface area contributed by atoms with Crippen molar-refractivity contribution in [1.82, 2.24) is 29.8 Å². The highest BCUT2D eigenvalue weighted by Gasteiger charge is 2.44. The lowest BCUT2D eigenvalue weighted by Gasteiger charge is -2.29. The number of primary amides is 1. The molecule has 2 aromatic carbocycles. The summed E-state index contributed by atoms with van der Waals surface area (Å²) in [6.45, 7) is 5.62. The predicted octanol–water partition coefficient (Wildman–Crippen LogP) is 2.79. The van der Waals surface area contributed by atoms with Gasteiger partial charge in [0.1, 0.15) is 29.5 Å². The van der Waals surface area contributed by atoms with Gasteiger partial charge in [-0.2, -0.15) is 9.97 Å². The molecule has 5 aromatic rings. The molecule has 5 heterocycles. The average molecular weight is 829 g/mol. The molecule has 8 N–H and O–H groups in total. The standard InChI is InChI=1S/C41H48N10O7.ClH/c1-2-33(54)45-30-19-31(37(56)36(30)55)51-22-44-35-39(43-20-29(23-3-7-26(52)8-4-23)24-5-9-27(53)10-6-24)47-41(48-40(35)51)50-14-13-25(21-50)34-28(38(42)57)11-12-32(46-34)49-15-17-58-18-16-49;/h3-12,22,25,29-31,36-37,52-53,55-56H,2,13-21H2,1H3,(H2,42,57)(H,45,54)(H,43,47,48);1H/t25-,30+,31-,36-,37+;/m1./s1. The number of aromatic hydroxyl groups is 2. The summed E-state index contributed by atoms with van der Waals surface area (Å²) in [6, 6.07) is 16.1. The van der Waals surface area contributed by atoms with Gasteiger partial charge >= 0.3 is 0 Å². The summed E-state index contributed by atoms with van der Waals surface area (Å²) in [7, 11) is 0. The normalized spacial score (nSPS) is 21.8. The second kappa shape index (κ2) is 17.6. The van der Waals surface area contributed by atoms with Crippen LogP contribution in [-0.4, -0.2) is 121 Å². The van der Waals surface area contributed by atoms with Crippen LogP contribution in [-0.2, 0) is 9.53 Å². The number of hydrogen-bond acceptors (Lipinski definition) is 14. The van der Waals surface area contributed by atoms with Crippen LogP contribution in [0.5, 0.6) is 11.5 Å². The fourth-order valence-electron chi connectivity index (χ4n) is 8.31. The maximum absolute atomic E-state index is 12.7. The largest absolute Gasteiger partial charge is 0.508 e. The van der Waals surface area contributed by atoms with Crippen molar-refractivity contribution in [3.05, 3.63) is 89.4 Å². The number of anilines is 3. The first-order valence-electron chi connectivity index (χ1n) is 19.7. The molecule has 17 nitrogen and oxygen atoms in total. The van der Waals surface area contributed by atoms with Gasteiger partial charge in [0.15, 0.2) is 17.0 Å². The number of ether oxygens (including phenoxy) is 1. The van der Waals surface area contributed by atoms with E-state index in [1.54, 1.807) is 48.1 Å². The van der Waals surface area contributed by atoms with Gasteiger partial charge in [0.25, 0.3) is 5.91 Å². The van der Waals surface area contributed by atoms with Crippen LogP contribution in [0.15, 0.2) is 67.0 Å². The molecular formula is C41H49ClN10O7. The number of pyridine rings is 1. The molecule has 312 valence electrons. The quantitative estimate of drug-likeness (QED) is 0.0958. The third kappa shape index (κ3) is 8.55. The third-order valence-electron chi connectivity index (χ3n) is 11.5. The van der Waals surface area contributed by atoms with Crippen LogP contribution in [0.3, 0.4) is 0 Å². The highest BCUT2D eigenvalue weighted by atomic mass is 35.5. The number of rotatable bonds is 12. The summed E-state index contributed by atoms with van der Waals surface area (Å²) in [4.78, 5) is 48.9. The van der Waals surface area contributed by atoms with Gasteiger partial charge in [0.2, 0.25) is 11.9 Å². The Kier molecular flexibility index (Phi) is 12.4. The van der Waals surface area contributed by atoms with E-state index in [4.69, 9.17) is 30.4 Å². The zero-order valence-electron chi connectivity index (χ0n) is 32.5. The first-order valence-corrected chi connectivity index (χ1v) is 19.7. The molecule has 8 rings (SSSR count). The molecule has 3 fully saturated rings. The molecule has 1 saturated carbocycles. The molecule has 5 atom stereocenters. The van der Waals surface area contributed by atoms with Gasteiger partial charge in [-0.05, 0) is 60.4 Å². The van der Waals surface area contributed by atoms with Gasteiger partial charge in [-0.15, -0.1) is 12.4 Å². The minimum absolute atomic E-state index is 0. The van der Waals surface area contributed by atoms with Crippen LogP contribution in [0.4, 0.5) is 17.6 Å². The molecule has 18 heteroatoms. The molecule has 0 spiro atoms. The second-order valence-electron chi connectivity index (χ2n) is 15.1. The Labute approximate surface area is 346 Å². The zero-order chi connectivity index (χ0) is 40.5. The maximum atomic E-state index is 12.7. The summed E-state index contributed by atoms with van der Waals surface area (Å²) in [5.74, 6) is 0.680. The van der Waals surface area contributed by atoms with Crippen molar-refractivity contribution >= 4 is 53.0 Å².